The van der Waals surface area contributed by atoms with Crippen LogP contribution in [0.25, 0.3) is 0 Å². The summed E-state index contributed by atoms with van der Waals surface area (Å²) in [6.45, 7) is 8.38. The van der Waals surface area contributed by atoms with E-state index in [1.165, 1.54) is 4.90 Å². The number of benzene rings is 1. The van der Waals surface area contributed by atoms with E-state index < -0.39 is 17.2 Å². The van der Waals surface area contributed by atoms with Gasteiger partial charge >= 0.3 is 5.97 Å². The molecule has 2 heterocycles. The summed E-state index contributed by atoms with van der Waals surface area (Å²) in [5, 5.41) is 10.3. The topological polar surface area (TPSA) is 87.2 Å². The van der Waals surface area contributed by atoms with E-state index in [1.807, 2.05) is 58.0 Å². The summed E-state index contributed by atoms with van der Waals surface area (Å²) >= 11 is 0. The van der Waals surface area contributed by atoms with Crippen LogP contribution in [0, 0.1) is 11.8 Å². The number of carbonyl (C=O) groups is 3. The first-order valence-corrected chi connectivity index (χ1v) is 11.2. The van der Waals surface area contributed by atoms with Crippen molar-refractivity contribution in [1.29, 1.82) is 0 Å². The molecule has 7 heteroatoms. The van der Waals surface area contributed by atoms with E-state index in [2.05, 4.69) is 0 Å². The van der Waals surface area contributed by atoms with Crippen molar-refractivity contribution in [3.8, 4) is 0 Å². The van der Waals surface area contributed by atoms with E-state index in [0.717, 1.165) is 12.0 Å². The fraction of sp³-hybridized carbons (Fsp3) is 0.625. The van der Waals surface area contributed by atoms with Crippen LogP contribution in [-0.2, 0) is 25.7 Å². The van der Waals surface area contributed by atoms with Crippen molar-refractivity contribution in [2.75, 3.05) is 13.1 Å². The van der Waals surface area contributed by atoms with Gasteiger partial charge in [-0.05, 0) is 30.7 Å². The molecule has 0 aliphatic carbocycles. The van der Waals surface area contributed by atoms with Crippen LogP contribution in [0.4, 0.5) is 0 Å². The summed E-state index contributed by atoms with van der Waals surface area (Å²) < 4.78 is 6.09. The lowest BCUT2D eigenvalue weighted by atomic mass is 9.92. The summed E-state index contributed by atoms with van der Waals surface area (Å²) in [6.07, 6.45) is 1.92. The summed E-state index contributed by atoms with van der Waals surface area (Å²) in [6, 6.07) is 9.36. The van der Waals surface area contributed by atoms with Gasteiger partial charge in [0.25, 0.3) is 5.91 Å². The summed E-state index contributed by atoms with van der Waals surface area (Å²) in [4.78, 5) is 42.4. The Morgan fingerprint density at radius 3 is 2.39 bits per heavy atom. The number of nitrogens with zero attached hydrogens (tertiary/aromatic N) is 2. The zero-order chi connectivity index (χ0) is 22.8. The van der Waals surface area contributed by atoms with E-state index in [4.69, 9.17) is 4.74 Å². The monoisotopic (exact) mass is 430 g/mol. The minimum Gasteiger partial charge on any atom is -0.478 e. The third kappa shape index (κ3) is 4.20. The molecule has 1 aromatic carbocycles. The Labute approximate surface area is 184 Å². The Bertz CT molecular complexity index is 825. The SMILES string of the molecule is CC(C)C[C@@](OCc1ccccc1)(C(=O)O)N1CC[C@]2(CCCN2C(=O)C(C)C)C1=O. The number of hydrogen-bond donors (Lipinski definition) is 1. The Balaban J connectivity index is 1.95. The van der Waals surface area contributed by atoms with E-state index in [9.17, 15) is 19.5 Å². The van der Waals surface area contributed by atoms with Crippen molar-refractivity contribution in [3.05, 3.63) is 35.9 Å². The molecule has 3 rings (SSSR count). The summed E-state index contributed by atoms with van der Waals surface area (Å²) in [5.74, 6) is -1.74. The molecule has 2 atom stereocenters. The van der Waals surface area contributed by atoms with Gasteiger partial charge in [-0.15, -0.1) is 0 Å². The highest BCUT2D eigenvalue weighted by Crippen LogP contribution is 2.43. The predicted octanol–water partition coefficient (Wildman–Crippen LogP) is 3.28. The van der Waals surface area contributed by atoms with Crippen molar-refractivity contribution in [1.82, 2.24) is 9.80 Å². The van der Waals surface area contributed by atoms with E-state index >= 15 is 0 Å². The van der Waals surface area contributed by atoms with Crippen LogP contribution in [-0.4, -0.2) is 57.0 Å². The summed E-state index contributed by atoms with van der Waals surface area (Å²) in [5.41, 5.74) is -1.87. The largest absolute Gasteiger partial charge is 0.478 e. The number of carboxylic acid groups (broad SMARTS) is 1. The molecule has 2 aliphatic heterocycles. The quantitative estimate of drug-likeness (QED) is 0.684. The van der Waals surface area contributed by atoms with Gasteiger partial charge in [-0.25, -0.2) is 4.79 Å². The van der Waals surface area contributed by atoms with Crippen molar-refractivity contribution in [3.63, 3.8) is 0 Å². The molecule has 31 heavy (non-hydrogen) atoms. The molecule has 1 N–H and O–H groups in total. The Morgan fingerprint density at radius 2 is 1.81 bits per heavy atom. The maximum absolute atomic E-state index is 13.8. The van der Waals surface area contributed by atoms with Crippen molar-refractivity contribution >= 4 is 17.8 Å². The fourth-order valence-corrected chi connectivity index (χ4v) is 4.94. The Hall–Kier alpha value is -2.41. The van der Waals surface area contributed by atoms with Crippen LogP contribution < -0.4 is 0 Å². The number of aliphatic carboxylic acids is 1. The van der Waals surface area contributed by atoms with Crippen LogP contribution in [0.15, 0.2) is 30.3 Å². The van der Waals surface area contributed by atoms with Crippen molar-refractivity contribution in [2.45, 2.75) is 71.2 Å². The molecule has 0 bridgehead atoms. The minimum absolute atomic E-state index is 0.00630. The van der Waals surface area contributed by atoms with Gasteiger partial charge in [0.15, 0.2) is 0 Å². The number of likely N-dealkylation sites (tertiary alicyclic amines) is 2. The molecule has 2 fully saturated rings. The lowest BCUT2D eigenvalue weighted by Gasteiger charge is -2.41. The van der Waals surface area contributed by atoms with Gasteiger partial charge in [0.1, 0.15) is 5.54 Å². The number of ether oxygens (including phenoxy) is 1. The average molecular weight is 431 g/mol. The van der Waals surface area contributed by atoms with E-state index in [-0.39, 0.29) is 43.2 Å². The zero-order valence-electron chi connectivity index (χ0n) is 19.0. The van der Waals surface area contributed by atoms with Gasteiger partial charge in [0, 0.05) is 25.4 Å². The van der Waals surface area contributed by atoms with Crippen molar-refractivity contribution in [2.24, 2.45) is 11.8 Å². The van der Waals surface area contributed by atoms with E-state index in [0.29, 0.717) is 19.4 Å². The molecule has 2 aliphatic rings. The molecule has 1 spiro atoms. The number of amides is 2. The Kier molecular flexibility index (Phi) is 6.74. The molecule has 0 unspecified atom stereocenters. The first kappa shape index (κ1) is 23.3. The first-order chi connectivity index (χ1) is 14.6. The summed E-state index contributed by atoms with van der Waals surface area (Å²) in [7, 11) is 0. The third-order valence-electron chi connectivity index (χ3n) is 6.42. The zero-order valence-corrected chi connectivity index (χ0v) is 19.0. The van der Waals surface area contributed by atoms with Crippen LogP contribution in [0.5, 0.6) is 0 Å². The first-order valence-electron chi connectivity index (χ1n) is 11.2. The Morgan fingerprint density at radius 1 is 1.13 bits per heavy atom. The maximum atomic E-state index is 13.8. The molecule has 0 radical (unpaired) electrons. The minimum atomic E-state index is -1.76. The van der Waals surface area contributed by atoms with Gasteiger partial charge in [0.05, 0.1) is 6.61 Å². The molecule has 7 nitrogen and oxygen atoms in total. The highest BCUT2D eigenvalue weighted by atomic mass is 16.5. The molecular formula is C24H34N2O5. The molecule has 0 aromatic heterocycles. The van der Waals surface area contributed by atoms with Gasteiger partial charge < -0.3 is 19.6 Å². The predicted molar refractivity (Wildman–Crippen MR) is 116 cm³/mol. The van der Waals surface area contributed by atoms with Crippen LogP contribution in [0.3, 0.4) is 0 Å². The van der Waals surface area contributed by atoms with Gasteiger partial charge in [-0.1, -0.05) is 58.0 Å². The lowest BCUT2D eigenvalue weighted by molar-refractivity contribution is -0.207. The average Bonchev–Trinajstić information content (AvgIpc) is 3.30. The van der Waals surface area contributed by atoms with Crippen LogP contribution in [0.1, 0.15) is 58.9 Å². The second-order valence-corrected chi connectivity index (χ2v) is 9.45. The van der Waals surface area contributed by atoms with Gasteiger partial charge in [0.2, 0.25) is 11.6 Å². The number of hydrogen-bond acceptors (Lipinski definition) is 4. The van der Waals surface area contributed by atoms with Crippen LogP contribution in [0.2, 0.25) is 0 Å². The highest BCUT2D eigenvalue weighted by molar-refractivity contribution is 5.97. The third-order valence-corrected chi connectivity index (χ3v) is 6.42. The number of carbonyl (C=O) groups excluding carboxylic acids is 2. The maximum Gasteiger partial charge on any atom is 0.357 e. The molecule has 2 amide bonds. The second-order valence-electron chi connectivity index (χ2n) is 9.45. The normalized spacial score (nSPS) is 23.2. The lowest BCUT2D eigenvalue weighted by Crippen LogP contribution is -2.62. The van der Waals surface area contributed by atoms with Gasteiger partial charge in [-0.3, -0.25) is 9.59 Å². The molecule has 170 valence electrons. The molecule has 0 saturated carbocycles. The fourth-order valence-electron chi connectivity index (χ4n) is 4.94. The highest BCUT2D eigenvalue weighted by Gasteiger charge is 2.61. The number of carboxylic acids is 1. The molecule has 2 saturated heterocycles. The second kappa shape index (κ2) is 8.99. The van der Waals surface area contributed by atoms with Gasteiger partial charge in [-0.2, -0.15) is 0 Å². The van der Waals surface area contributed by atoms with Crippen LogP contribution >= 0.6 is 0 Å². The van der Waals surface area contributed by atoms with Crippen molar-refractivity contribution < 1.29 is 24.2 Å². The molecular weight excluding hydrogens is 396 g/mol. The number of rotatable bonds is 8. The smallest absolute Gasteiger partial charge is 0.357 e. The standard InChI is InChI=1S/C24H34N2O5/c1-17(2)15-24(22(29)30,31-16-19-9-6-5-7-10-19)26-14-12-23(21(26)28)11-8-13-25(23)20(27)18(3)4/h5-7,9-10,17-18H,8,11-16H2,1-4H3,(H,29,30)/t23-,24-/m1/s1. The molecule has 1 aromatic rings. The van der Waals surface area contributed by atoms with E-state index in [1.54, 1.807) is 4.90 Å².